The smallest absolute Gasteiger partial charge is 0.319 e. The van der Waals surface area contributed by atoms with E-state index in [0.717, 1.165) is 30.7 Å². The SMILES string of the molecule is CNC(=O)N1CC(CN2CCOc3c(Cl)c(-c4ccc(F)c5sc(N)c(C#N)c45)c(F)c4nc(O[C@@H](C)[C@@H]5CCCN5C)nc2c34)C1. The number of halogens is 3. The van der Waals surface area contributed by atoms with Crippen molar-refractivity contribution in [2.24, 2.45) is 5.92 Å². The van der Waals surface area contributed by atoms with Crippen molar-refractivity contribution in [1.82, 2.24) is 25.1 Å². The van der Waals surface area contributed by atoms with Gasteiger partial charge in [-0.25, -0.2) is 13.6 Å². The molecule has 5 heterocycles. The van der Waals surface area contributed by atoms with Crippen molar-refractivity contribution in [3.63, 3.8) is 0 Å². The highest BCUT2D eigenvalue weighted by Crippen LogP contribution is 2.50. The molecule has 0 bridgehead atoms. The molecule has 2 atom stereocenters. The van der Waals surface area contributed by atoms with E-state index in [9.17, 15) is 14.4 Å². The minimum absolute atomic E-state index is 0.00710. The van der Waals surface area contributed by atoms with Crippen LogP contribution in [0.15, 0.2) is 12.1 Å². The standard InChI is InChI=1S/C32H33ClF2N8O3S/c1-15(20-5-4-8-41(20)3)46-31-39-26-23-27(45-10-9-42(30(23)40-31)12-16-13-43(14-16)32(44)38-2)24(33)22(25(26)35)17-6-7-19(34)28-21(17)18(11-36)29(37)47-28/h6-7,15-16,20H,4-5,8-10,12-14,37H2,1-3H3,(H,38,44)/t15-,20-/m0/s1. The van der Waals surface area contributed by atoms with Gasteiger partial charge in [0.15, 0.2) is 11.6 Å². The van der Waals surface area contributed by atoms with E-state index in [-0.39, 0.29) is 90.2 Å². The quantitative estimate of drug-likeness (QED) is 0.281. The summed E-state index contributed by atoms with van der Waals surface area (Å²) in [6, 6.07) is 4.64. The number of nitriles is 1. The zero-order valence-corrected chi connectivity index (χ0v) is 27.6. The van der Waals surface area contributed by atoms with E-state index in [0.29, 0.717) is 32.0 Å². The number of benzene rings is 2. The molecule has 2 aromatic heterocycles. The van der Waals surface area contributed by atoms with Crippen LogP contribution in [0.4, 0.5) is 24.4 Å². The lowest BCUT2D eigenvalue weighted by Crippen LogP contribution is -2.56. The number of aromatic nitrogens is 2. The minimum Gasteiger partial charge on any atom is -0.489 e. The van der Waals surface area contributed by atoms with Crippen LogP contribution in [0.1, 0.15) is 25.3 Å². The molecule has 0 unspecified atom stereocenters. The topological polar surface area (TPSA) is 133 Å². The van der Waals surface area contributed by atoms with E-state index in [1.807, 2.05) is 24.9 Å². The number of likely N-dealkylation sites (N-methyl/N-ethyl adjacent to an activating group) is 1. The lowest BCUT2D eigenvalue weighted by molar-refractivity contribution is 0.112. The molecule has 2 fully saturated rings. The maximum Gasteiger partial charge on any atom is 0.319 e. The molecule has 0 spiro atoms. The highest BCUT2D eigenvalue weighted by molar-refractivity contribution is 7.23. The van der Waals surface area contributed by atoms with Gasteiger partial charge in [0.25, 0.3) is 0 Å². The number of thiophene rings is 1. The van der Waals surface area contributed by atoms with Gasteiger partial charge >= 0.3 is 12.0 Å². The summed E-state index contributed by atoms with van der Waals surface area (Å²) >= 11 is 7.92. The molecule has 2 amide bonds. The molecule has 0 radical (unpaired) electrons. The Morgan fingerprint density at radius 3 is 2.79 bits per heavy atom. The van der Waals surface area contributed by atoms with Gasteiger partial charge in [-0.1, -0.05) is 17.7 Å². The Morgan fingerprint density at radius 2 is 2.09 bits per heavy atom. The lowest BCUT2D eigenvalue weighted by Gasteiger charge is -2.41. The summed E-state index contributed by atoms with van der Waals surface area (Å²) < 4.78 is 44.7. The number of amides is 2. The van der Waals surface area contributed by atoms with Crippen LogP contribution in [0.2, 0.25) is 5.02 Å². The summed E-state index contributed by atoms with van der Waals surface area (Å²) in [5, 5.41) is 13.1. The van der Waals surface area contributed by atoms with Crippen LogP contribution in [-0.2, 0) is 0 Å². The molecule has 3 aliphatic heterocycles. The van der Waals surface area contributed by atoms with Crippen molar-refractivity contribution >= 4 is 60.8 Å². The summed E-state index contributed by atoms with van der Waals surface area (Å²) in [7, 11) is 3.64. The largest absolute Gasteiger partial charge is 0.489 e. The Hall–Kier alpha value is -4.19. The number of nitrogens with one attached hydrogen (secondary N) is 1. The molecular formula is C32H33ClF2N8O3S. The number of carbonyl (C=O) groups excluding carboxylic acids is 1. The molecule has 0 saturated carbocycles. The molecule has 11 nitrogen and oxygen atoms in total. The third-order valence-corrected chi connectivity index (χ3v) is 10.8. The maximum atomic E-state index is 17.1. The predicted molar refractivity (Wildman–Crippen MR) is 177 cm³/mol. The molecule has 7 rings (SSSR count). The van der Waals surface area contributed by atoms with Gasteiger partial charge in [0.1, 0.15) is 40.9 Å². The van der Waals surface area contributed by atoms with Crippen LogP contribution in [0, 0.1) is 28.9 Å². The first-order valence-corrected chi connectivity index (χ1v) is 16.7. The van der Waals surface area contributed by atoms with Gasteiger partial charge in [-0.2, -0.15) is 15.2 Å². The Labute approximate surface area is 278 Å². The second-order valence-corrected chi connectivity index (χ2v) is 13.7. The molecule has 3 aliphatic rings. The third-order valence-electron chi connectivity index (χ3n) is 9.40. The van der Waals surface area contributed by atoms with Crippen molar-refractivity contribution in [3.8, 4) is 29.0 Å². The molecule has 15 heteroatoms. The summed E-state index contributed by atoms with van der Waals surface area (Å²) in [4.78, 5) is 27.5. The number of ether oxygens (including phenoxy) is 2. The number of fused-ring (bicyclic) bond motifs is 1. The Morgan fingerprint density at radius 1 is 1.30 bits per heavy atom. The summed E-state index contributed by atoms with van der Waals surface area (Å²) in [6.07, 6.45) is 1.71. The molecule has 2 saturated heterocycles. The molecule has 3 N–H and O–H groups in total. The number of carbonyl (C=O) groups is 1. The second kappa shape index (κ2) is 12.1. The van der Waals surface area contributed by atoms with Crippen molar-refractivity contribution in [2.75, 3.05) is 64.1 Å². The summed E-state index contributed by atoms with van der Waals surface area (Å²) in [6.45, 7) is 5.17. The monoisotopic (exact) mass is 682 g/mol. The van der Waals surface area contributed by atoms with Gasteiger partial charge in [-0.3, -0.25) is 4.90 Å². The predicted octanol–water partition coefficient (Wildman–Crippen LogP) is 5.23. The van der Waals surface area contributed by atoms with Gasteiger partial charge in [-0.15, -0.1) is 11.3 Å². The summed E-state index contributed by atoms with van der Waals surface area (Å²) in [5.41, 5.74) is 6.18. The van der Waals surface area contributed by atoms with Gasteiger partial charge in [0.2, 0.25) is 0 Å². The molecule has 4 aromatic rings. The number of nitrogens with zero attached hydrogens (tertiary/aromatic N) is 6. The number of likely N-dealkylation sites (tertiary alicyclic amines) is 2. The van der Waals surface area contributed by atoms with Crippen molar-refractivity contribution in [2.45, 2.75) is 31.9 Å². The normalized spacial score (nSPS) is 19.0. The molecule has 246 valence electrons. The fraction of sp³-hybridized carbons (Fsp3) is 0.438. The van der Waals surface area contributed by atoms with Crippen LogP contribution in [0.25, 0.3) is 32.1 Å². The van der Waals surface area contributed by atoms with Crippen molar-refractivity contribution < 1.29 is 23.0 Å². The minimum atomic E-state index is -0.783. The van der Waals surface area contributed by atoms with Crippen molar-refractivity contribution in [1.29, 1.82) is 5.26 Å². The second-order valence-electron chi connectivity index (χ2n) is 12.3. The van der Waals surface area contributed by atoms with Crippen molar-refractivity contribution in [3.05, 3.63) is 34.4 Å². The molecule has 0 aliphatic carbocycles. The first-order valence-electron chi connectivity index (χ1n) is 15.5. The number of rotatable bonds is 6. The zero-order valence-electron chi connectivity index (χ0n) is 26.1. The summed E-state index contributed by atoms with van der Waals surface area (Å²) in [5.74, 6) is -0.618. The van der Waals surface area contributed by atoms with E-state index in [1.54, 1.807) is 11.9 Å². The highest BCUT2D eigenvalue weighted by atomic mass is 35.5. The fourth-order valence-electron chi connectivity index (χ4n) is 7.03. The third kappa shape index (κ3) is 5.21. The lowest BCUT2D eigenvalue weighted by atomic mass is 9.96. The maximum absolute atomic E-state index is 17.1. The average molecular weight is 683 g/mol. The van der Waals surface area contributed by atoms with Gasteiger partial charge < -0.3 is 30.3 Å². The first kappa shape index (κ1) is 31.4. The van der Waals surface area contributed by atoms with E-state index >= 15 is 4.39 Å². The Bertz CT molecular complexity index is 1960. The number of anilines is 2. The highest BCUT2D eigenvalue weighted by Gasteiger charge is 2.36. The zero-order chi connectivity index (χ0) is 33.1. The molecule has 2 aromatic carbocycles. The number of hydrogen-bond acceptors (Lipinski definition) is 10. The number of urea groups is 1. The van der Waals surface area contributed by atoms with Gasteiger partial charge in [0.05, 0.1) is 27.2 Å². The average Bonchev–Trinajstić information content (AvgIpc) is 3.56. The van der Waals surface area contributed by atoms with Crippen LogP contribution < -0.4 is 25.4 Å². The number of nitrogen functional groups attached to an aromatic ring is 1. The van der Waals surface area contributed by atoms with E-state index in [1.165, 1.54) is 12.1 Å². The van der Waals surface area contributed by atoms with E-state index in [4.69, 9.17) is 31.8 Å². The Kier molecular flexibility index (Phi) is 8.10. The van der Waals surface area contributed by atoms with Crippen LogP contribution in [-0.4, -0.2) is 91.4 Å². The molecule has 47 heavy (non-hydrogen) atoms. The number of nitrogens with two attached hydrogens (primary N) is 1. The Balaban J connectivity index is 1.40. The van der Waals surface area contributed by atoms with Gasteiger partial charge in [-0.05, 0) is 45.0 Å². The van der Waals surface area contributed by atoms with E-state index in [2.05, 4.69) is 15.2 Å². The first-order chi connectivity index (χ1) is 22.6. The van der Waals surface area contributed by atoms with Crippen LogP contribution in [0.5, 0.6) is 11.8 Å². The van der Waals surface area contributed by atoms with Gasteiger partial charge in [0, 0.05) is 49.6 Å². The fourth-order valence-corrected chi connectivity index (χ4v) is 8.32. The molecular weight excluding hydrogens is 650 g/mol. The van der Waals surface area contributed by atoms with Crippen LogP contribution >= 0.6 is 22.9 Å². The number of hydrogen-bond donors (Lipinski definition) is 2. The van der Waals surface area contributed by atoms with Crippen LogP contribution in [0.3, 0.4) is 0 Å². The van der Waals surface area contributed by atoms with E-state index < -0.39 is 11.6 Å².